The predicted molar refractivity (Wildman–Crippen MR) is 110 cm³/mol. The van der Waals surface area contributed by atoms with Crippen molar-refractivity contribution < 1.29 is 17.4 Å². The minimum Gasteiger partial charge on any atom is -0.336 e. The van der Waals surface area contributed by atoms with Crippen molar-refractivity contribution in [3.05, 3.63) is 29.8 Å². The molecule has 1 unspecified atom stereocenters. The molecule has 7 nitrogen and oxygen atoms in total. The van der Waals surface area contributed by atoms with Gasteiger partial charge < -0.3 is 4.90 Å². The monoisotopic (exact) mass is 427 g/mol. The summed E-state index contributed by atoms with van der Waals surface area (Å²) in [6.45, 7) is 1.36. The number of hydrogen-bond donors (Lipinski definition) is 0. The summed E-state index contributed by atoms with van der Waals surface area (Å²) < 4.78 is 40.4. The van der Waals surface area contributed by atoms with Crippen LogP contribution >= 0.6 is 0 Å². The molecular weight excluding hydrogens is 398 g/mol. The number of benzene rings is 1. The fourth-order valence-corrected chi connectivity index (χ4v) is 6.00. The summed E-state index contributed by atoms with van der Waals surface area (Å²) in [7, 11) is -2.89. The van der Waals surface area contributed by atoms with Crippen LogP contribution in [0.5, 0.6) is 0 Å². The Labute approximate surface area is 170 Å². The zero-order valence-electron chi connectivity index (χ0n) is 16.5. The van der Waals surface area contributed by atoms with Crippen LogP contribution in [0.25, 0.3) is 0 Å². The van der Waals surface area contributed by atoms with E-state index in [2.05, 4.69) is 0 Å². The van der Waals surface area contributed by atoms with Crippen LogP contribution in [-0.2, 0) is 21.0 Å². The Morgan fingerprint density at radius 2 is 1.61 bits per heavy atom. The Hall–Kier alpha value is -1.29. The van der Waals surface area contributed by atoms with Crippen molar-refractivity contribution in [1.82, 2.24) is 13.5 Å². The standard InChI is InChI=1S/C19H29N3O4S2/c1-20(17-6-4-3-5-7-17)28(25,26)22-14-12-21(13-15-22)19(23)16-8-10-18(11-9-16)27(2)24/h8-11,17H,3-7,12-15H2,1-2H3. The maximum absolute atomic E-state index is 13.0. The van der Waals surface area contributed by atoms with Gasteiger partial charge in [0.2, 0.25) is 0 Å². The van der Waals surface area contributed by atoms with Crippen LogP contribution in [-0.4, -0.2) is 77.6 Å². The van der Waals surface area contributed by atoms with Gasteiger partial charge in [-0.25, -0.2) is 0 Å². The summed E-state index contributed by atoms with van der Waals surface area (Å²) in [5.41, 5.74) is 0.532. The molecule has 1 heterocycles. The second-order valence-electron chi connectivity index (χ2n) is 7.49. The number of carbonyl (C=O) groups excluding carboxylic acids is 1. The van der Waals surface area contributed by atoms with Crippen molar-refractivity contribution in [3.63, 3.8) is 0 Å². The summed E-state index contributed by atoms with van der Waals surface area (Å²) in [5.74, 6) is -0.119. The second-order valence-corrected chi connectivity index (χ2v) is 10.9. The number of nitrogens with zero attached hydrogens (tertiary/aromatic N) is 3. The van der Waals surface area contributed by atoms with Gasteiger partial charge in [-0.1, -0.05) is 19.3 Å². The highest BCUT2D eigenvalue weighted by atomic mass is 32.2. The van der Waals surface area contributed by atoms with E-state index < -0.39 is 21.0 Å². The van der Waals surface area contributed by atoms with Crippen LogP contribution in [0, 0.1) is 0 Å². The van der Waals surface area contributed by atoms with Gasteiger partial charge in [-0.05, 0) is 37.1 Å². The van der Waals surface area contributed by atoms with E-state index in [0.717, 1.165) is 25.7 Å². The van der Waals surface area contributed by atoms with E-state index in [1.165, 1.54) is 15.0 Å². The number of hydrogen-bond acceptors (Lipinski definition) is 4. The maximum atomic E-state index is 13.0. The zero-order chi connectivity index (χ0) is 20.3. The molecule has 2 aliphatic rings. The first-order valence-corrected chi connectivity index (χ1v) is 12.7. The van der Waals surface area contributed by atoms with Crippen LogP contribution in [0.15, 0.2) is 29.2 Å². The molecule has 156 valence electrons. The molecule has 9 heteroatoms. The van der Waals surface area contributed by atoms with Gasteiger partial charge in [0.05, 0.1) is 0 Å². The lowest BCUT2D eigenvalue weighted by Gasteiger charge is -2.38. The first-order chi connectivity index (χ1) is 13.3. The van der Waals surface area contributed by atoms with E-state index in [9.17, 15) is 17.4 Å². The van der Waals surface area contributed by atoms with Crippen LogP contribution in [0.2, 0.25) is 0 Å². The number of amides is 1. The van der Waals surface area contributed by atoms with Gasteiger partial charge in [0, 0.05) is 66.8 Å². The van der Waals surface area contributed by atoms with Crippen molar-refractivity contribution in [2.45, 2.75) is 43.0 Å². The summed E-state index contributed by atoms with van der Waals surface area (Å²) in [6.07, 6.45) is 6.79. The molecule has 0 bridgehead atoms. The van der Waals surface area contributed by atoms with Gasteiger partial charge >= 0.3 is 0 Å². The summed E-state index contributed by atoms with van der Waals surface area (Å²) in [5, 5.41) is 0. The molecule has 1 aliphatic heterocycles. The molecule has 1 atom stereocenters. The smallest absolute Gasteiger partial charge is 0.282 e. The largest absolute Gasteiger partial charge is 0.336 e. The van der Waals surface area contributed by atoms with Crippen LogP contribution in [0.3, 0.4) is 0 Å². The van der Waals surface area contributed by atoms with Gasteiger partial charge in [-0.15, -0.1) is 0 Å². The Morgan fingerprint density at radius 3 is 2.14 bits per heavy atom. The highest BCUT2D eigenvalue weighted by molar-refractivity contribution is 7.86. The fraction of sp³-hybridized carbons (Fsp3) is 0.632. The summed E-state index contributed by atoms with van der Waals surface area (Å²) >= 11 is 0. The maximum Gasteiger partial charge on any atom is 0.282 e. The molecule has 0 aromatic heterocycles. The van der Waals surface area contributed by atoms with Crippen molar-refractivity contribution in [2.24, 2.45) is 0 Å². The molecule has 0 radical (unpaired) electrons. The number of piperazine rings is 1. The van der Waals surface area contributed by atoms with E-state index in [1.54, 1.807) is 42.5 Å². The van der Waals surface area contributed by atoms with Crippen molar-refractivity contribution >= 4 is 26.9 Å². The first kappa shape index (κ1) is 21.4. The molecule has 0 spiro atoms. The third-order valence-corrected chi connectivity index (χ3v) is 8.72. The van der Waals surface area contributed by atoms with E-state index in [-0.39, 0.29) is 11.9 Å². The lowest BCUT2D eigenvalue weighted by atomic mass is 9.96. The molecule has 1 saturated carbocycles. The van der Waals surface area contributed by atoms with Crippen molar-refractivity contribution in [3.8, 4) is 0 Å². The molecule has 28 heavy (non-hydrogen) atoms. The normalized spacial score (nSPS) is 21.0. The van der Waals surface area contributed by atoms with E-state index in [0.29, 0.717) is 36.6 Å². The Bertz CT molecular complexity index is 812. The summed E-state index contributed by atoms with van der Waals surface area (Å²) in [6, 6.07) is 6.84. The van der Waals surface area contributed by atoms with Gasteiger partial charge in [0.25, 0.3) is 16.1 Å². The van der Waals surface area contributed by atoms with Gasteiger partial charge in [-0.2, -0.15) is 17.0 Å². The van der Waals surface area contributed by atoms with Gasteiger partial charge in [0.1, 0.15) is 0 Å². The minimum atomic E-state index is -3.50. The number of rotatable bonds is 5. The first-order valence-electron chi connectivity index (χ1n) is 9.76. The molecule has 1 amide bonds. The lowest BCUT2D eigenvalue weighted by molar-refractivity contribution is 0.0692. The minimum absolute atomic E-state index is 0.0843. The second kappa shape index (κ2) is 9.02. The lowest BCUT2D eigenvalue weighted by Crippen LogP contribution is -2.55. The van der Waals surface area contributed by atoms with Crippen LogP contribution < -0.4 is 0 Å². The quantitative estimate of drug-likeness (QED) is 0.716. The predicted octanol–water partition coefficient (Wildman–Crippen LogP) is 1.69. The van der Waals surface area contributed by atoms with E-state index >= 15 is 0 Å². The Balaban J connectivity index is 1.60. The van der Waals surface area contributed by atoms with Crippen LogP contribution in [0.1, 0.15) is 42.5 Å². The third kappa shape index (κ3) is 4.64. The topological polar surface area (TPSA) is 78.0 Å². The van der Waals surface area contributed by atoms with Crippen molar-refractivity contribution in [2.75, 3.05) is 39.5 Å². The SMILES string of the molecule is CN(C1CCCCC1)S(=O)(=O)N1CCN(C(=O)c2ccc(S(C)=O)cc2)CC1. The molecule has 1 aromatic carbocycles. The van der Waals surface area contributed by atoms with E-state index in [4.69, 9.17) is 0 Å². The third-order valence-electron chi connectivity index (χ3n) is 5.74. The van der Waals surface area contributed by atoms with Gasteiger partial charge in [0.15, 0.2) is 0 Å². The van der Waals surface area contributed by atoms with Gasteiger partial charge in [-0.3, -0.25) is 9.00 Å². The molecule has 2 fully saturated rings. The average Bonchev–Trinajstić information content (AvgIpc) is 2.73. The molecule has 1 aliphatic carbocycles. The van der Waals surface area contributed by atoms with Crippen LogP contribution in [0.4, 0.5) is 0 Å². The highest BCUT2D eigenvalue weighted by Crippen LogP contribution is 2.25. The van der Waals surface area contributed by atoms with Crippen molar-refractivity contribution in [1.29, 1.82) is 0 Å². The molecule has 3 rings (SSSR count). The van der Waals surface area contributed by atoms with E-state index in [1.807, 2.05) is 0 Å². The molecule has 1 aromatic rings. The molecular formula is C19H29N3O4S2. The molecule has 0 N–H and O–H groups in total. The zero-order valence-corrected chi connectivity index (χ0v) is 18.2. The highest BCUT2D eigenvalue weighted by Gasteiger charge is 2.35. The fourth-order valence-electron chi connectivity index (χ4n) is 3.91. The number of carbonyl (C=O) groups is 1. The summed E-state index contributed by atoms with van der Waals surface area (Å²) in [4.78, 5) is 15.1. The Kier molecular flexibility index (Phi) is 6.90. The molecule has 1 saturated heterocycles. The Morgan fingerprint density at radius 1 is 1.04 bits per heavy atom. The average molecular weight is 428 g/mol.